The van der Waals surface area contributed by atoms with Gasteiger partial charge >= 0.3 is 0 Å². The summed E-state index contributed by atoms with van der Waals surface area (Å²) >= 11 is 0. The van der Waals surface area contributed by atoms with Crippen molar-refractivity contribution in [2.45, 2.75) is 12.8 Å². The zero-order chi connectivity index (χ0) is 14.1. The molecule has 0 heterocycles. The molecule has 0 saturated carbocycles. The van der Waals surface area contributed by atoms with Crippen molar-refractivity contribution >= 4 is 11.6 Å². The van der Waals surface area contributed by atoms with Crippen LogP contribution in [0.1, 0.15) is 18.4 Å². The lowest BCUT2D eigenvalue weighted by Crippen LogP contribution is -2.25. The molecule has 0 fully saturated rings. The van der Waals surface area contributed by atoms with Gasteiger partial charge in [-0.15, -0.1) is 0 Å². The van der Waals surface area contributed by atoms with Crippen LogP contribution in [0.5, 0.6) is 0 Å². The number of nitrogens with zero attached hydrogens (tertiary/aromatic N) is 3. The normalized spacial score (nSPS) is 9.68. The summed E-state index contributed by atoms with van der Waals surface area (Å²) in [6.07, 6.45) is 0.820. The average Bonchev–Trinajstić information content (AvgIpc) is 2.43. The van der Waals surface area contributed by atoms with E-state index in [9.17, 15) is 4.79 Å². The minimum atomic E-state index is -0.0982. The highest BCUT2D eigenvalue weighted by molar-refractivity contribution is 5.90. The van der Waals surface area contributed by atoms with E-state index in [1.165, 1.54) is 0 Å². The minimum Gasteiger partial charge on any atom is -0.326 e. The highest BCUT2D eigenvalue weighted by Gasteiger charge is 2.05. The molecule has 98 valence electrons. The van der Waals surface area contributed by atoms with E-state index in [-0.39, 0.29) is 5.91 Å². The van der Waals surface area contributed by atoms with Crippen molar-refractivity contribution in [3.8, 4) is 12.1 Å². The van der Waals surface area contributed by atoms with Crippen LogP contribution < -0.4 is 5.32 Å². The molecule has 0 bridgehead atoms. The van der Waals surface area contributed by atoms with Gasteiger partial charge < -0.3 is 10.2 Å². The summed E-state index contributed by atoms with van der Waals surface area (Å²) in [5.41, 5.74) is 1.15. The average molecular weight is 256 g/mol. The first-order valence-electron chi connectivity index (χ1n) is 6.01. The van der Waals surface area contributed by atoms with Crippen molar-refractivity contribution in [1.29, 1.82) is 10.5 Å². The van der Waals surface area contributed by atoms with E-state index in [4.69, 9.17) is 10.5 Å². The third-order valence-electron chi connectivity index (χ3n) is 2.60. The molecule has 0 saturated heterocycles. The fourth-order valence-corrected chi connectivity index (χ4v) is 1.54. The Bertz CT molecular complexity index is 513. The maximum Gasteiger partial charge on any atom is 0.225 e. The van der Waals surface area contributed by atoms with Crippen LogP contribution in [0.2, 0.25) is 0 Å². The summed E-state index contributed by atoms with van der Waals surface area (Å²) in [7, 11) is 1.88. The Kier molecular flexibility index (Phi) is 6.08. The van der Waals surface area contributed by atoms with Gasteiger partial charge in [-0.05, 0) is 25.2 Å². The molecule has 19 heavy (non-hydrogen) atoms. The van der Waals surface area contributed by atoms with Crippen molar-refractivity contribution in [2.24, 2.45) is 0 Å². The Morgan fingerprint density at radius 2 is 2.16 bits per heavy atom. The van der Waals surface area contributed by atoms with E-state index in [0.717, 1.165) is 0 Å². The fourth-order valence-electron chi connectivity index (χ4n) is 1.54. The van der Waals surface area contributed by atoms with Crippen LogP contribution in [0.25, 0.3) is 0 Å². The van der Waals surface area contributed by atoms with Crippen molar-refractivity contribution in [2.75, 3.05) is 25.5 Å². The van der Waals surface area contributed by atoms with Gasteiger partial charge in [0.2, 0.25) is 5.91 Å². The second kappa shape index (κ2) is 7.86. The molecule has 0 radical (unpaired) electrons. The molecule has 0 aliphatic heterocycles. The van der Waals surface area contributed by atoms with Gasteiger partial charge in [-0.25, -0.2) is 0 Å². The molecule has 0 atom stereocenters. The van der Waals surface area contributed by atoms with Crippen LogP contribution in [0.15, 0.2) is 24.3 Å². The predicted molar refractivity (Wildman–Crippen MR) is 72.1 cm³/mol. The molecular formula is C14H16N4O. The molecular weight excluding hydrogens is 240 g/mol. The number of carbonyl (C=O) groups is 1. The van der Waals surface area contributed by atoms with Gasteiger partial charge in [0.25, 0.3) is 0 Å². The monoisotopic (exact) mass is 256 g/mol. The SMILES string of the molecule is CN(CCC#N)CCC(=O)Nc1cccc(C#N)c1. The molecule has 0 aliphatic carbocycles. The fraction of sp³-hybridized carbons (Fsp3) is 0.357. The van der Waals surface area contributed by atoms with Crippen molar-refractivity contribution in [1.82, 2.24) is 4.90 Å². The van der Waals surface area contributed by atoms with Gasteiger partial charge in [-0.3, -0.25) is 4.79 Å². The van der Waals surface area contributed by atoms with Crippen LogP contribution in [0.3, 0.4) is 0 Å². The molecule has 0 spiro atoms. The Hall–Kier alpha value is -2.37. The lowest BCUT2D eigenvalue weighted by molar-refractivity contribution is -0.116. The largest absolute Gasteiger partial charge is 0.326 e. The molecule has 5 nitrogen and oxygen atoms in total. The van der Waals surface area contributed by atoms with Gasteiger partial charge in [-0.2, -0.15) is 10.5 Å². The van der Waals surface area contributed by atoms with Crippen LogP contribution in [-0.2, 0) is 4.79 Å². The third kappa shape index (κ3) is 5.67. The highest BCUT2D eigenvalue weighted by atomic mass is 16.1. The summed E-state index contributed by atoms with van der Waals surface area (Å²) in [6, 6.07) is 10.9. The van der Waals surface area contributed by atoms with Gasteiger partial charge in [-0.1, -0.05) is 6.07 Å². The van der Waals surface area contributed by atoms with Crippen molar-refractivity contribution < 1.29 is 4.79 Å². The number of rotatable bonds is 6. The Morgan fingerprint density at radius 1 is 1.37 bits per heavy atom. The van der Waals surface area contributed by atoms with Crippen LogP contribution in [-0.4, -0.2) is 30.9 Å². The van der Waals surface area contributed by atoms with Crippen molar-refractivity contribution in [3.05, 3.63) is 29.8 Å². The summed E-state index contributed by atoms with van der Waals surface area (Å²) in [4.78, 5) is 13.6. The van der Waals surface area contributed by atoms with Crippen LogP contribution in [0.4, 0.5) is 5.69 Å². The standard InChI is InChI=1S/C14H16N4O/c1-18(8-3-7-15)9-6-14(19)17-13-5-2-4-12(10-13)11-16/h2,4-5,10H,3,6,8-9H2,1H3,(H,17,19). The highest BCUT2D eigenvalue weighted by Crippen LogP contribution is 2.10. The lowest BCUT2D eigenvalue weighted by Gasteiger charge is -2.14. The maximum absolute atomic E-state index is 11.7. The topological polar surface area (TPSA) is 79.9 Å². The van der Waals surface area contributed by atoms with E-state index >= 15 is 0 Å². The van der Waals surface area contributed by atoms with Crippen LogP contribution in [0, 0.1) is 22.7 Å². The first-order valence-corrected chi connectivity index (χ1v) is 6.01. The minimum absolute atomic E-state index is 0.0982. The Balaban J connectivity index is 2.39. The molecule has 1 aromatic carbocycles. The second-order valence-corrected chi connectivity index (χ2v) is 4.20. The molecule has 1 amide bonds. The van der Waals surface area contributed by atoms with Gasteiger partial charge in [0.1, 0.15) is 0 Å². The van der Waals surface area contributed by atoms with E-state index in [1.807, 2.05) is 18.0 Å². The zero-order valence-electron chi connectivity index (χ0n) is 10.9. The summed E-state index contributed by atoms with van der Waals surface area (Å²) < 4.78 is 0. The molecule has 5 heteroatoms. The van der Waals surface area contributed by atoms with Crippen molar-refractivity contribution in [3.63, 3.8) is 0 Å². The molecule has 1 rings (SSSR count). The summed E-state index contributed by atoms with van der Waals surface area (Å²) in [5, 5.41) is 20.0. The summed E-state index contributed by atoms with van der Waals surface area (Å²) in [5.74, 6) is -0.0982. The molecule has 0 aromatic heterocycles. The van der Waals surface area contributed by atoms with E-state index in [2.05, 4.69) is 11.4 Å². The smallest absolute Gasteiger partial charge is 0.225 e. The van der Waals surface area contributed by atoms with Gasteiger partial charge in [0.05, 0.1) is 17.7 Å². The van der Waals surface area contributed by atoms with E-state index < -0.39 is 0 Å². The quantitative estimate of drug-likeness (QED) is 0.840. The molecule has 1 N–H and O–H groups in total. The first kappa shape index (κ1) is 14.7. The number of hydrogen-bond donors (Lipinski definition) is 1. The number of nitriles is 2. The molecule has 1 aromatic rings. The number of anilines is 1. The number of carbonyl (C=O) groups excluding carboxylic acids is 1. The number of nitrogens with one attached hydrogen (secondary N) is 1. The van der Waals surface area contributed by atoms with Gasteiger partial charge in [0, 0.05) is 31.6 Å². The summed E-state index contributed by atoms with van der Waals surface area (Å²) in [6.45, 7) is 1.26. The Morgan fingerprint density at radius 3 is 2.84 bits per heavy atom. The molecule has 0 aliphatic rings. The van der Waals surface area contributed by atoms with Gasteiger partial charge in [0.15, 0.2) is 0 Å². The third-order valence-corrected chi connectivity index (χ3v) is 2.60. The molecule has 0 unspecified atom stereocenters. The zero-order valence-corrected chi connectivity index (χ0v) is 10.9. The van der Waals surface area contributed by atoms with E-state index in [0.29, 0.717) is 37.2 Å². The second-order valence-electron chi connectivity index (χ2n) is 4.20. The number of benzene rings is 1. The maximum atomic E-state index is 11.7. The lowest BCUT2D eigenvalue weighted by atomic mass is 10.2. The van der Waals surface area contributed by atoms with E-state index in [1.54, 1.807) is 24.3 Å². The first-order chi connectivity index (χ1) is 9.15. The number of hydrogen-bond acceptors (Lipinski definition) is 4. The van der Waals surface area contributed by atoms with Crippen LogP contribution >= 0.6 is 0 Å². The number of amides is 1. The predicted octanol–water partition coefficient (Wildman–Crippen LogP) is 1.73. The Labute approximate surface area is 113 Å².